The molecule has 1 heterocycles. The molecule has 3 rings (SSSR count). The SMILES string of the molecule is CCOP(=O)(c1ccccc1)c1cc(C#Cc2ccc(OCCCNC(=O)OC(C)(C)C)cc2)cc(CO)n1. The van der Waals surface area contributed by atoms with Gasteiger partial charge in [-0.3, -0.25) is 4.57 Å². The minimum atomic E-state index is -3.46. The first-order chi connectivity index (χ1) is 18.6. The van der Waals surface area contributed by atoms with Crippen LogP contribution in [-0.2, 0) is 20.4 Å². The monoisotopic (exact) mass is 550 g/mol. The second kappa shape index (κ2) is 14.0. The molecule has 3 aromatic rings. The zero-order chi connectivity index (χ0) is 28.3. The minimum absolute atomic E-state index is 0.243. The zero-order valence-electron chi connectivity index (χ0n) is 22.8. The summed E-state index contributed by atoms with van der Waals surface area (Å²) in [4.78, 5) is 16.1. The molecule has 39 heavy (non-hydrogen) atoms. The number of nitrogens with zero attached hydrogens (tertiary/aromatic N) is 1. The molecule has 8 nitrogen and oxygen atoms in total. The van der Waals surface area contributed by atoms with E-state index in [9.17, 15) is 14.5 Å². The van der Waals surface area contributed by atoms with E-state index in [1.807, 2.05) is 51.1 Å². The lowest BCUT2D eigenvalue weighted by molar-refractivity contribution is 0.0525. The number of rotatable bonds is 10. The Hall–Kier alpha value is -3.63. The Bertz CT molecular complexity index is 1340. The third-order valence-electron chi connectivity index (χ3n) is 5.20. The standard InChI is InChI=1S/C30H35N2O6P/c1-5-37-39(35,27-10-7-6-8-11-27)28-21-24(20-25(22-33)32-28)13-12-23-14-16-26(17-15-23)36-19-9-18-31-29(34)38-30(2,3)4/h6-8,10-11,14-17,20-21,33H,5,9,18-19,22H2,1-4H3,(H,31,34). The molecule has 1 amide bonds. The van der Waals surface area contributed by atoms with Gasteiger partial charge in [0.2, 0.25) is 0 Å². The number of aromatic nitrogens is 1. The van der Waals surface area contributed by atoms with E-state index in [0.29, 0.717) is 41.9 Å². The molecule has 0 aliphatic heterocycles. The maximum atomic E-state index is 13.9. The number of carbonyl (C=O) groups is 1. The molecule has 0 spiro atoms. The molecule has 0 aliphatic carbocycles. The first-order valence-corrected chi connectivity index (χ1v) is 14.4. The minimum Gasteiger partial charge on any atom is -0.494 e. The molecule has 1 aromatic heterocycles. The fraction of sp³-hybridized carbons (Fsp3) is 0.333. The van der Waals surface area contributed by atoms with Crippen LogP contribution in [0.3, 0.4) is 0 Å². The van der Waals surface area contributed by atoms with E-state index in [4.69, 9.17) is 14.0 Å². The van der Waals surface area contributed by atoms with Crippen LogP contribution in [0, 0.1) is 11.8 Å². The normalized spacial score (nSPS) is 12.5. The average molecular weight is 551 g/mol. The maximum Gasteiger partial charge on any atom is 0.407 e. The molecule has 0 bridgehead atoms. The van der Waals surface area contributed by atoms with E-state index < -0.39 is 19.1 Å². The molecule has 1 unspecified atom stereocenters. The van der Waals surface area contributed by atoms with Crippen molar-refractivity contribution in [1.29, 1.82) is 0 Å². The van der Waals surface area contributed by atoms with Crippen molar-refractivity contribution in [2.75, 3.05) is 19.8 Å². The number of alkyl carbamates (subject to hydrolysis) is 1. The molecule has 0 aliphatic rings. The van der Waals surface area contributed by atoms with Gasteiger partial charge in [-0.25, -0.2) is 9.78 Å². The number of pyridine rings is 1. The number of aliphatic hydroxyl groups excluding tert-OH is 1. The quantitative estimate of drug-likeness (QED) is 0.217. The number of benzene rings is 2. The lowest BCUT2D eigenvalue weighted by Gasteiger charge is -2.19. The predicted molar refractivity (Wildman–Crippen MR) is 152 cm³/mol. The molecule has 2 aromatic carbocycles. The van der Waals surface area contributed by atoms with Crippen LogP contribution in [0.25, 0.3) is 0 Å². The van der Waals surface area contributed by atoms with Gasteiger partial charge in [0, 0.05) is 23.0 Å². The van der Waals surface area contributed by atoms with Gasteiger partial charge in [-0.15, -0.1) is 0 Å². The van der Waals surface area contributed by atoms with E-state index in [1.54, 1.807) is 43.3 Å². The van der Waals surface area contributed by atoms with E-state index >= 15 is 0 Å². The second-order valence-electron chi connectivity index (χ2n) is 9.57. The Morgan fingerprint density at radius 3 is 2.36 bits per heavy atom. The van der Waals surface area contributed by atoms with Gasteiger partial charge in [0.1, 0.15) is 16.8 Å². The average Bonchev–Trinajstić information content (AvgIpc) is 2.91. The second-order valence-corrected chi connectivity index (χ2v) is 11.9. The summed E-state index contributed by atoms with van der Waals surface area (Å²) < 4.78 is 30.6. The van der Waals surface area contributed by atoms with Gasteiger partial charge >= 0.3 is 6.09 Å². The lowest BCUT2D eigenvalue weighted by Crippen LogP contribution is -2.33. The summed E-state index contributed by atoms with van der Waals surface area (Å²) in [5, 5.41) is 13.0. The number of aliphatic hydroxyl groups is 1. The number of hydrogen-bond donors (Lipinski definition) is 2. The summed E-state index contributed by atoms with van der Waals surface area (Å²) in [6.07, 6.45) is 0.186. The van der Waals surface area contributed by atoms with Gasteiger partial charge in [-0.2, -0.15) is 0 Å². The predicted octanol–water partition coefficient (Wildman–Crippen LogP) is 4.53. The van der Waals surface area contributed by atoms with Crippen molar-refractivity contribution < 1.29 is 28.5 Å². The van der Waals surface area contributed by atoms with Crippen LogP contribution < -0.4 is 20.8 Å². The highest BCUT2D eigenvalue weighted by Crippen LogP contribution is 2.44. The van der Waals surface area contributed by atoms with Crippen molar-refractivity contribution in [3.05, 3.63) is 83.6 Å². The van der Waals surface area contributed by atoms with E-state index in [0.717, 1.165) is 5.56 Å². The molecule has 0 radical (unpaired) electrons. The van der Waals surface area contributed by atoms with Crippen LogP contribution in [0.1, 0.15) is 50.9 Å². The van der Waals surface area contributed by atoms with Crippen LogP contribution in [-0.4, -0.2) is 41.5 Å². The number of ether oxygens (including phenoxy) is 2. The smallest absolute Gasteiger partial charge is 0.407 e. The highest BCUT2D eigenvalue weighted by Gasteiger charge is 2.30. The molecule has 0 fully saturated rings. The molecule has 0 saturated heterocycles. The molecule has 1 atom stereocenters. The summed E-state index contributed by atoms with van der Waals surface area (Å²) in [6.45, 7) is 8.04. The Kier molecular flexibility index (Phi) is 10.7. The van der Waals surface area contributed by atoms with Crippen molar-refractivity contribution >= 4 is 24.2 Å². The third kappa shape index (κ3) is 9.26. The Labute approximate surface area is 230 Å². The van der Waals surface area contributed by atoms with E-state index in [2.05, 4.69) is 22.1 Å². The van der Waals surface area contributed by atoms with Gasteiger partial charge in [0.15, 0.2) is 0 Å². The molecular weight excluding hydrogens is 515 g/mol. The van der Waals surface area contributed by atoms with Crippen molar-refractivity contribution in [2.24, 2.45) is 0 Å². The van der Waals surface area contributed by atoms with Crippen molar-refractivity contribution in [1.82, 2.24) is 10.3 Å². The number of carbonyl (C=O) groups excluding carboxylic acids is 1. The summed E-state index contributed by atoms with van der Waals surface area (Å²) in [6, 6.07) is 19.6. The Morgan fingerprint density at radius 1 is 1.03 bits per heavy atom. The topological polar surface area (TPSA) is 107 Å². The van der Waals surface area contributed by atoms with Crippen LogP contribution in [0.5, 0.6) is 5.75 Å². The molecule has 0 saturated carbocycles. The fourth-order valence-corrected chi connectivity index (χ4v) is 5.54. The number of nitrogens with one attached hydrogen (secondary N) is 1. The van der Waals surface area contributed by atoms with Crippen LogP contribution >= 0.6 is 7.37 Å². The lowest BCUT2D eigenvalue weighted by atomic mass is 10.2. The summed E-state index contributed by atoms with van der Waals surface area (Å²) >= 11 is 0. The highest BCUT2D eigenvalue weighted by molar-refractivity contribution is 7.74. The Balaban J connectivity index is 1.66. The van der Waals surface area contributed by atoms with Crippen LogP contribution in [0.2, 0.25) is 0 Å². The third-order valence-corrected chi connectivity index (χ3v) is 7.63. The van der Waals surface area contributed by atoms with Crippen LogP contribution in [0.4, 0.5) is 4.79 Å². The summed E-state index contributed by atoms with van der Waals surface area (Å²) in [5.74, 6) is 6.85. The zero-order valence-corrected chi connectivity index (χ0v) is 23.7. The van der Waals surface area contributed by atoms with Gasteiger partial charge in [-0.05, 0) is 82.6 Å². The number of amides is 1. The van der Waals surface area contributed by atoms with Crippen molar-refractivity contribution in [3.8, 4) is 17.6 Å². The summed E-state index contributed by atoms with van der Waals surface area (Å²) in [7, 11) is -3.46. The largest absolute Gasteiger partial charge is 0.494 e. The van der Waals surface area contributed by atoms with Crippen molar-refractivity contribution in [2.45, 2.75) is 46.3 Å². The van der Waals surface area contributed by atoms with E-state index in [-0.39, 0.29) is 18.6 Å². The van der Waals surface area contributed by atoms with Crippen molar-refractivity contribution in [3.63, 3.8) is 0 Å². The molecule has 9 heteroatoms. The van der Waals surface area contributed by atoms with Gasteiger partial charge < -0.3 is 24.4 Å². The van der Waals surface area contributed by atoms with Crippen LogP contribution in [0.15, 0.2) is 66.7 Å². The molecular formula is C30H35N2O6P. The van der Waals surface area contributed by atoms with E-state index in [1.165, 1.54) is 0 Å². The molecule has 2 N–H and O–H groups in total. The molecule has 206 valence electrons. The maximum absolute atomic E-state index is 13.9. The number of hydrogen-bond acceptors (Lipinski definition) is 7. The highest BCUT2D eigenvalue weighted by atomic mass is 31.2. The van der Waals surface area contributed by atoms with Gasteiger partial charge in [-0.1, -0.05) is 30.0 Å². The fourth-order valence-electron chi connectivity index (χ4n) is 3.50. The Morgan fingerprint density at radius 2 is 1.72 bits per heavy atom. The van der Waals surface area contributed by atoms with Gasteiger partial charge in [0.25, 0.3) is 7.37 Å². The summed E-state index contributed by atoms with van der Waals surface area (Å²) in [5.41, 5.74) is 1.40. The van der Waals surface area contributed by atoms with Gasteiger partial charge in [0.05, 0.1) is 25.5 Å². The first kappa shape index (κ1) is 29.9. The first-order valence-electron chi connectivity index (χ1n) is 12.8.